The molecule has 0 bridgehead atoms. The fourth-order valence-electron chi connectivity index (χ4n) is 0.842. The number of rotatable bonds is 4. The van der Waals surface area contributed by atoms with Gasteiger partial charge in [0.15, 0.2) is 0 Å². The van der Waals surface area contributed by atoms with Crippen LogP contribution in [0.4, 0.5) is 0 Å². The van der Waals surface area contributed by atoms with Crippen molar-refractivity contribution in [1.82, 2.24) is 0 Å². The highest BCUT2D eigenvalue weighted by Gasteiger charge is 2.30. The molecule has 1 aromatic rings. The first-order valence-electron chi connectivity index (χ1n) is 4.41. The summed E-state index contributed by atoms with van der Waals surface area (Å²) in [5.41, 5.74) is 0.292. The Hall–Kier alpha value is -0.810. The summed E-state index contributed by atoms with van der Waals surface area (Å²) in [6.45, 7) is 5.03. The average Bonchev–Trinajstić information content (AvgIpc) is 2.17. The van der Waals surface area contributed by atoms with E-state index in [9.17, 15) is 4.79 Å². The minimum atomic E-state index is -1.38. The monoisotopic (exact) mass is 348 g/mol. The normalized spacial score (nSPS) is 10.7. The Bertz CT molecular complexity index is 387. The molecule has 16 heavy (non-hydrogen) atoms. The Balaban J connectivity index is 2.65. The fourth-order valence-corrected chi connectivity index (χ4v) is 1.51. The molecule has 0 unspecified atom stereocenters. The molecule has 0 N–H and O–H groups in total. The highest BCUT2D eigenvalue weighted by atomic mass is 79.9. The predicted molar refractivity (Wildman–Crippen MR) is 68.6 cm³/mol. The first-order chi connectivity index (χ1) is 7.41. The van der Waals surface area contributed by atoms with E-state index in [4.69, 9.17) is 9.47 Å². The second-order valence-corrected chi connectivity index (χ2v) is 6.20. The van der Waals surface area contributed by atoms with Crippen LogP contribution in [-0.4, -0.2) is 9.57 Å². The summed E-state index contributed by atoms with van der Waals surface area (Å²) in [6, 6.07) is 8.96. The van der Waals surface area contributed by atoms with E-state index in [0.717, 1.165) is 0 Å². The minimum absolute atomic E-state index is 0.292. The average molecular weight is 350 g/mol. The number of ether oxygens (including phenoxy) is 2. The van der Waals surface area contributed by atoms with Gasteiger partial charge in [-0.1, -0.05) is 24.8 Å². The molecule has 0 amide bonds. The zero-order chi connectivity index (χ0) is 12.2. The van der Waals surface area contributed by atoms with Crippen LogP contribution < -0.4 is 4.74 Å². The van der Waals surface area contributed by atoms with Crippen LogP contribution in [0.3, 0.4) is 0 Å². The van der Waals surface area contributed by atoms with Gasteiger partial charge >= 0.3 is 9.57 Å². The zero-order valence-electron chi connectivity index (χ0n) is 8.57. The number of halogens is 2. The second-order valence-electron chi connectivity index (χ2n) is 3.05. The lowest BCUT2D eigenvalue weighted by Crippen LogP contribution is -2.28. The summed E-state index contributed by atoms with van der Waals surface area (Å²) in [5, 5.41) is 0. The number of carbonyl (C=O) groups is 1. The lowest BCUT2D eigenvalue weighted by molar-refractivity contribution is -0.150. The number of carbonyl (C=O) groups excluding carboxylic acids is 1. The van der Waals surface area contributed by atoms with Crippen molar-refractivity contribution in [2.45, 2.75) is 10.5 Å². The predicted octanol–water partition coefficient (Wildman–Crippen LogP) is 3.59. The molecule has 0 radical (unpaired) electrons. The summed E-state index contributed by atoms with van der Waals surface area (Å²) in [5.74, 6) is 0.00967. The molecule has 1 aromatic carbocycles. The van der Waals surface area contributed by atoms with Gasteiger partial charge in [-0.05, 0) is 19.1 Å². The summed E-state index contributed by atoms with van der Waals surface area (Å²) >= 11 is 6.20. The molecule has 0 heterocycles. The Labute approximate surface area is 111 Å². The summed E-state index contributed by atoms with van der Waals surface area (Å²) < 4.78 is 8.97. The van der Waals surface area contributed by atoms with Gasteiger partial charge in [-0.2, -0.15) is 0 Å². The molecule has 1 rings (SSSR count). The number of para-hydroxylation sites is 1. The third-order valence-electron chi connectivity index (χ3n) is 1.54. The molecule has 3 nitrogen and oxygen atoms in total. The molecule has 0 aliphatic carbocycles. The van der Waals surface area contributed by atoms with Crippen LogP contribution in [0.5, 0.6) is 5.75 Å². The van der Waals surface area contributed by atoms with Gasteiger partial charge in [0, 0.05) is 37.4 Å². The van der Waals surface area contributed by atoms with Gasteiger partial charge in [0.2, 0.25) is 0 Å². The van der Waals surface area contributed by atoms with Gasteiger partial charge in [-0.3, -0.25) is 0 Å². The number of hydrogen-bond donors (Lipinski definition) is 0. The SMILES string of the molecule is C=C(C)C(=O)OC(Br)(Br)Oc1ccccc1. The summed E-state index contributed by atoms with van der Waals surface area (Å²) in [4.78, 5) is 11.3. The molecule has 0 aromatic heterocycles. The van der Waals surface area contributed by atoms with E-state index >= 15 is 0 Å². The van der Waals surface area contributed by atoms with E-state index < -0.39 is 9.57 Å². The van der Waals surface area contributed by atoms with E-state index in [-0.39, 0.29) is 0 Å². The van der Waals surface area contributed by atoms with Crippen LogP contribution in [-0.2, 0) is 9.53 Å². The molecule has 0 aliphatic heterocycles. The van der Waals surface area contributed by atoms with Crippen LogP contribution in [0.1, 0.15) is 6.92 Å². The first kappa shape index (κ1) is 13.3. The van der Waals surface area contributed by atoms with Crippen molar-refractivity contribution in [2.24, 2.45) is 0 Å². The van der Waals surface area contributed by atoms with Crippen molar-refractivity contribution < 1.29 is 14.3 Å². The van der Waals surface area contributed by atoms with Crippen molar-refractivity contribution in [3.05, 3.63) is 42.5 Å². The van der Waals surface area contributed by atoms with E-state index in [1.54, 1.807) is 19.1 Å². The number of alkyl halides is 2. The molecule has 0 saturated heterocycles. The third kappa shape index (κ3) is 4.37. The molecular weight excluding hydrogens is 340 g/mol. The number of esters is 1. The van der Waals surface area contributed by atoms with E-state index in [0.29, 0.717) is 11.3 Å². The molecule has 0 fully saturated rings. The maximum atomic E-state index is 11.3. The Morgan fingerprint density at radius 2 is 1.88 bits per heavy atom. The lowest BCUT2D eigenvalue weighted by Gasteiger charge is -2.21. The highest BCUT2D eigenvalue weighted by molar-refractivity contribution is 9.25. The van der Waals surface area contributed by atoms with Crippen molar-refractivity contribution in [1.29, 1.82) is 0 Å². The smallest absolute Gasteiger partial charge is 0.370 e. The molecule has 86 valence electrons. The van der Waals surface area contributed by atoms with Crippen LogP contribution in [0.15, 0.2) is 42.5 Å². The van der Waals surface area contributed by atoms with Crippen molar-refractivity contribution in [3.63, 3.8) is 0 Å². The molecule has 0 saturated carbocycles. The quantitative estimate of drug-likeness (QED) is 0.360. The molecule has 0 atom stereocenters. The van der Waals surface area contributed by atoms with Crippen molar-refractivity contribution in [3.8, 4) is 5.75 Å². The van der Waals surface area contributed by atoms with Crippen molar-refractivity contribution >= 4 is 37.8 Å². The topological polar surface area (TPSA) is 35.5 Å². The largest absolute Gasteiger partial charge is 0.435 e. The van der Waals surface area contributed by atoms with Gasteiger partial charge in [-0.15, -0.1) is 0 Å². The highest BCUT2D eigenvalue weighted by Crippen LogP contribution is 2.31. The number of benzene rings is 1. The van der Waals surface area contributed by atoms with E-state index in [2.05, 4.69) is 38.4 Å². The fraction of sp³-hybridized carbons (Fsp3) is 0.182. The Morgan fingerprint density at radius 1 is 1.31 bits per heavy atom. The summed E-state index contributed by atoms with van der Waals surface area (Å²) in [7, 11) is 0. The van der Waals surface area contributed by atoms with Gasteiger partial charge in [-0.25, -0.2) is 4.79 Å². The maximum absolute atomic E-state index is 11.3. The molecule has 0 spiro atoms. The molecule has 0 aliphatic rings. The van der Waals surface area contributed by atoms with E-state index in [1.165, 1.54) is 0 Å². The standard InChI is InChI=1S/C11H10Br2O3/c1-8(2)10(14)16-11(12,13)15-9-6-4-3-5-7-9/h3-7H,1H2,2H3. The van der Waals surface area contributed by atoms with Gasteiger partial charge < -0.3 is 9.47 Å². The van der Waals surface area contributed by atoms with Crippen LogP contribution >= 0.6 is 31.9 Å². The Morgan fingerprint density at radius 3 is 2.38 bits per heavy atom. The van der Waals surface area contributed by atoms with Gasteiger partial charge in [0.05, 0.1) is 0 Å². The van der Waals surface area contributed by atoms with Crippen LogP contribution in [0.25, 0.3) is 0 Å². The lowest BCUT2D eigenvalue weighted by atomic mass is 10.3. The zero-order valence-corrected chi connectivity index (χ0v) is 11.7. The molecule has 5 heteroatoms. The Kier molecular flexibility index (Phi) is 4.56. The maximum Gasteiger partial charge on any atom is 0.370 e. The van der Waals surface area contributed by atoms with Gasteiger partial charge in [0.25, 0.3) is 0 Å². The second kappa shape index (κ2) is 5.50. The van der Waals surface area contributed by atoms with Crippen LogP contribution in [0, 0.1) is 0 Å². The van der Waals surface area contributed by atoms with E-state index in [1.807, 2.05) is 18.2 Å². The first-order valence-corrected chi connectivity index (χ1v) is 6.00. The molecular formula is C11H10Br2O3. The third-order valence-corrected chi connectivity index (χ3v) is 2.19. The van der Waals surface area contributed by atoms with Crippen LogP contribution in [0.2, 0.25) is 0 Å². The minimum Gasteiger partial charge on any atom is -0.435 e. The summed E-state index contributed by atoms with van der Waals surface area (Å²) in [6.07, 6.45) is 0. The number of hydrogen-bond acceptors (Lipinski definition) is 3. The van der Waals surface area contributed by atoms with Gasteiger partial charge in [0.1, 0.15) is 5.75 Å². The van der Waals surface area contributed by atoms with Crippen molar-refractivity contribution in [2.75, 3.05) is 0 Å².